The second-order valence-electron chi connectivity index (χ2n) is 7.96. The summed E-state index contributed by atoms with van der Waals surface area (Å²) in [5.74, 6) is 1.73. The van der Waals surface area contributed by atoms with Gasteiger partial charge in [0.1, 0.15) is 17.6 Å². The predicted molar refractivity (Wildman–Crippen MR) is 111 cm³/mol. The Morgan fingerprint density at radius 3 is 2.37 bits per heavy atom. The van der Waals surface area contributed by atoms with E-state index in [1.807, 2.05) is 12.1 Å². The Kier molecular flexibility index (Phi) is 5.38. The Hall–Kier alpha value is -3.07. The van der Waals surface area contributed by atoms with Crippen LogP contribution in [0.4, 0.5) is 0 Å². The summed E-state index contributed by atoms with van der Waals surface area (Å²) in [4.78, 5) is 29.6. The van der Waals surface area contributed by atoms with Crippen molar-refractivity contribution in [3.05, 3.63) is 45.1 Å². The summed E-state index contributed by atoms with van der Waals surface area (Å²) >= 11 is 0. The summed E-state index contributed by atoms with van der Waals surface area (Å²) in [6.07, 6.45) is 0.929. The van der Waals surface area contributed by atoms with E-state index in [9.17, 15) is 9.59 Å². The lowest BCUT2D eigenvalue weighted by molar-refractivity contribution is -0.0796. The van der Waals surface area contributed by atoms with E-state index in [-0.39, 0.29) is 17.7 Å². The first kappa shape index (κ1) is 20.2. The largest absolute Gasteiger partial charge is 0.486 e. The van der Waals surface area contributed by atoms with Crippen LogP contribution in [0.5, 0.6) is 17.5 Å². The molecule has 1 aliphatic rings. The monoisotopic (exact) mass is 414 g/mol. The van der Waals surface area contributed by atoms with E-state index in [0.29, 0.717) is 42.6 Å². The molecular weight excluding hydrogens is 388 g/mol. The second kappa shape index (κ2) is 7.98. The van der Waals surface area contributed by atoms with Gasteiger partial charge < -0.3 is 14.2 Å². The molecule has 1 aromatic carbocycles. The molecule has 0 radical (unpaired) electrons. The number of imidazole rings is 1. The molecule has 1 fully saturated rings. The van der Waals surface area contributed by atoms with Gasteiger partial charge in [0, 0.05) is 20.6 Å². The summed E-state index contributed by atoms with van der Waals surface area (Å²) in [5.41, 5.74) is -0.133. The fraction of sp³-hybridized carbons (Fsp3) is 0.476. The van der Waals surface area contributed by atoms with Gasteiger partial charge in [-0.1, -0.05) is 13.8 Å². The number of fused-ring (bicyclic) bond motifs is 1. The van der Waals surface area contributed by atoms with Crippen LogP contribution in [0.15, 0.2) is 33.9 Å². The third kappa shape index (κ3) is 3.72. The average molecular weight is 414 g/mol. The number of nitrogens with zero attached hydrogens (tertiary/aromatic N) is 4. The highest BCUT2D eigenvalue weighted by atomic mass is 16.6. The normalized spacial score (nSPS) is 14.3. The third-order valence-electron chi connectivity index (χ3n) is 5.19. The molecule has 1 aliphatic heterocycles. The maximum absolute atomic E-state index is 12.8. The van der Waals surface area contributed by atoms with Gasteiger partial charge in [-0.15, -0.1) is 0 Å². The highest BCUT2D eigenvalue weighted by molar-refractivity contribution is 5.72. The first-order valence-electron chi connectivity index (χ1n) is 10.0. The van der Waals surface area contributed by atoms with Crippen molar-refractivity contribution >= 4 is 11.2 Å². The molecule has 0 atom stereocenters. The van der Waals surface area contributed by atoms with E-state index in [4.69, 9.17) is 14.2 Å². The lowest BCUT2D eigenvalue weighted by Crippen LogP contribution is -2.38. The standard InChI is InChI=1S/C21H26N4O5/c1-13(2)9-10-25-17-18(23(3)21(27)24(4)19(17)26)22-20(25)30-15-7-5-14(6-8-15)29-16-11-28-12-16/h5-8,13,16H,9-12H2,1-4H3. The van der Waals surface area contributed by atoms with Gasteiger partial charge in [-0.05, 0) is 36.6 Å². The van der Waals surface area contributed by atoms with Gasteiger partial charge in [-0.25, -0.2) is 4.79 Å². The van der Waals surface area contributed by atoms with E-state index in [1.54, 1.807) is 23.7 Å². The van der Waals surface area contributed by atoms with Crippen molar-refractivity contribution in [2.45, 2.75) is 32.9 Å². The zero-order valence-corrected chi connectivity index (χ0v) is 17.6. The molecule has 2 aromatic heterocycles. The van der Waals surface area contributed by atoms with Crippen LogP contribution in [0.1, 0.15) is 20.3 Å². The van der Waals surface area contributed by atoms with E-state index in [1.165, 1.54) is 11.6 Å². The number of aromatic nitrogens is 4. The Bertz CT molecular complexity index is 1170. The molecule has 0 aliphatic carbocycles. The van der Waals surface area contributed by atoms with Gasteiger partial charge in [0.25, 0.3) is 5.56 Å². The van der Waals surface area contributed by atoms with E-state index >= 15 is 0 Å². The maximum Gasteiger partial charge on any atom is 0.332 e. The fourth-order valence-electron chi connectivity index (χ4n) is 3.27. The molecule has 0 amide bonds. The number of rotatable bonds is 7. The molecule has 9 heteroatoms. The Morgan fingerprint density at radius 1 is 1.10 bits per heavy atom. The summed E-state index contributed by atoms with van der Waals surface area (Å²) in [7, 11) is 3.07. The molecule has 9 nitrogen and oxygen atoms in total. The summed E-state index contributed by atoms with van der Waals surface area (Å²) < 4.78 is 21.1. The molecule has 30 heavy (non-hydrogen) atoms. The molecule has 3 heterocycles. The molecule has 0 N–H and O–H groups in total. The van der Waals surface area contributed by atoms with Crippen LogP contribution in [0.25, 0.3) is 11.2 Å². The van der Waals surface area contributed by atoms with Crippen LogP contribution in [-0.4, -0.2) is 38.0 Å². The van der Waals surface area contributed by atoms with E-state index < -0.39 is 5.69 Å². The summed E-state index contributed by atoms with van der Waals surface area (Å²) in [6, 6.07) is 7.51. The first-order chi connectivity index (χ1) is 14.3. The lowest BCUT2D eigenvalue weighted by atomic mass is 10.1. The number of hydrogen-bond donors (Lipinski definition) is 0. The molecular formula is C21H26N4O5. The average Bonchev–Trinajstić information content (AvgIpc) is 3.05. The second-order valence-corrected chi connectivity index (χ2v) is 7.96. The molecule has 1 saturated heterocycles. The summed E-state index contributed by atoms with van der Waals surface area (Å²) in [6.45, 7) is 5.98. The van der Waals surface area contributed by atoms with Crippen molar-refractivity contribution in [1.82, 2.24) is 18.7 Å². The molecule has 4 rings (SSSR count). The van der Waals surface area contributed by atoms with Gasteiger partial charge in [-0.3, -0.25) is 18.5 Å². The van der Waals surface area contributed by atoms with E-state index in [0.717, 1.165) is 16.7 Å². The molecule has 0 saturated carbocycles. The molecule has 0 spiro atoms. The number of aryl methyl sites for hydroxylation is 2. The number of ether oxygens (including phenoxy) is 3. The Balaban J connectivity index is 1.71. The minimum absolute atomic E-state index is 0.0921. The van der Waals surface area contributed by atoms with Gasteiger partial charge in [0.05, 0.1) is 13.2 Å². The minimum atomic E-state index is -0.422. The molecule has 0 unspecified atom stereocenters. The quantitative estimate of drug-likeness (QED) is 0.588. The zero-order chi connectivity index (χ0) is 21.4. The predicted octanol–water partition coefficient (Wildman–Crippen LogP) is 2.05. The van der Waals surface area contributed by atoms with Crippen LogP contribution in [-0.2, 0) is 25.4 Å². The van der Waals surface area contributed by atoms with Crippen molar-refractivity contribution < 1.29 is 14.2 Å². The number of hydrogen-bond acceptors (Lipinski definition) is 6. The fourth-order valence-corrected chi connectivity index (χ4v) is 3.27. The smallest absolute Gasteiger partial charge is 0.332 e. The number of benzene rings is 1. The molecule has 3 aromatic rings. The van der Waals surface area contributed by atoms with Crippen LogP contribution >= 0.6 is 0 Å². The van der Waals surface area contributed by atoms with Crippen molar-refractivity contribution in [1.29, 1.82) is 0 Å². The first-order valence-corrected chi connectivity index (χ1v) is 10.0. The highest BCUT2D eigenvalue weighted by Gasteiger charge is 2.22. The van der Waals surface area contributed by atoms with Crippen molar-refractivity contribution in [2.24, 2.45) is 20.0 Å². The Morgan fingerprint density at radius 2 is 1.77 bits per heavy atom. The van der Waals surface area contributed by atoms with Gasteiger partial charge in [0.15, 0.2) is 11.2 Å². The van der Waals surface area contributed by atoms with Gasteiger partial charge in [-0.2, -0.15) is 4.98 Å². The topological polar surface area (TPSA) is 89.5 Å². The van der Waals surface area contributed by atoms with Gasteiger partial charge in [0.2, 0.25) is 0 Å². The van der Waals surface area contributed by atoms with Crippen molar-refractivity contribution in [2.75, 3.05) is 13.2 Å². The third-order valence-corrected chi connectivity index (χ3v) is 5.19. The van der Waals surface area contributed by atoms with E-state index in [2.05, 4.69) is 18.8 Å². The summed E-state index contributed by atoms with van der Waals surface area (Å²) in [5, 5.41) is 0. The maximum atomic E-state index is 12.8. The SMILES string of the molecule is CC(C)CCn1c(Oc2ccc(OC3COC3)cc2)nc2c1c(=O)n(C)c(=O)n2C. The zero-order valence-electron chi connectivity index (χ0n) is 17.6. The molecule has 0 bridgehead atoms. The van der Waals surface area contributed by atoms with Crippen LogP contribution < -0.4 is 20.7 Å². The van der Waals surface area contributed by atoms with Crippen LogP contribution in [0.2, 0.25) is 0 Å². The van der Waals surface area contributed by atoms with Gasteiger partial charge >= 0.3 is 11.7 Å². The highest BCUT2D eigenvalue weighted by Crippen LogP contribution is 2.27. The lowest BCUT2D eigenvalue weighted by Gasteiger charge is -2.26. The van der Waals surface area contributed by atoms with Crippen LogP contribution in [0.3, 0.4) is 0 Å². The minimum Gasteiger partial charge on any atom is -0.486 e. The van der Waals surface area contributed by atoms with Crippen LogP contribution in [0, 0.1) is 5.92 Å². The Labute approximate surface area is 173 Å². The van der Waals surface area contributed by atoms with Crippen molar-refractivity contribution in [3.63, 3.8) is 0 Å². The van der Waals surface area contributed by atoms with Crippen molar-refractivity contribution in [3.8, 4) is 17.5 Å². The molecule has 160 valence electrons.